The van der Waals surface area contributed by atoms with E-state index in [1.54, 1.807) is 22.9 Å². The molecule has 0 aliphatic carbocycles. The molecule has 0 saturated carbocycles. The second-order valence-corrected chi connectivity index (χ2v) is 2.38. The fraction of sp³-hybridized carbons (Fsp3) is 0.125. The molecule has 4 heteroatoms. The largest absolute Gasteiger partial charge is 0.307 e. The van der Waals surface area contributed by atoms with Crippen molar-refractivity contribution in [2.45, 2.75) is 5.83 Å². The van der Waals surface area contributed by atoms with Gasteiger partial charge in [0.05, 0.1) is 14.3 Å². The lowest BCUT2D eigenvalue weighted by molar-refractivity contribution is 1.18. The van der Waals surface area contributed by atoms with Gasteiger partial charge in [0.15, 0.2) is 0 Å². The van der Waals surface area contributed by atoms with Gasteiger partial charge in [-0.05, 0) is 12.1 Å². The molecule has 0 atom stereocenters. The predicted octanol–water partition coefficient (Wildman–Crippen LogP) is 2.49. The quantitative estimate of drug-likeness (QED) is 0.653. The highest BCUT2D eigenvalue weighted by molar-refractivity contribution is 6.16. The Hall–Kier alpha value is -0.730. The molecule has 0 bridgehead atoms. The zero-order chi connectivity index (χ0) is 9.47. The summed E-state index contributed by atoms with van der Waals surface area (Å²) in [6.45, 7) is 0. The minimum absolute atomic E-state index is 0. The van der Waals surface area contributed by atoms with E-state index in [1.165, 1.54) is 0 Å². The summed E-state index contributed by atoms with van der Waals surface area (Å²) in [5, 5.41) is 0. The highest BCUT2D eigenvalue weighted by Gasteiger charge is 1.96. The third kappa shape index (κ3) is 1.54. The van der Waals surface area contributed by atoms with Crippen molar-refractivity contribution in [2.75, 3.05) is 0 Å². The van der Waals surface area contributed by atoms with Crippen LogP contribution in [-0.2, 0) is 5.83 Å². The highest BCUT2D eigenvalue weighted by Crippen LogP contribution is 2.05. The molecule has 0 amide bonds. The standard InChI is InChI=1S/C8H7ClN2.ClH/c9-5-7-6-11-4-2-1-3-8(11)10-7;/h1-4,6H,5H2;1H/i5D2;. The van der Waals surface area contributed by atoms with Crippen molar-refractivity contribution in [2.24, 2.45) is 0 Å². The number of alkyl halides is 1. The first kappa shape index (κ1) is 6.75. The second-order valence-electron chi connectivity index (χ2n) is 2.19. The van der Waals surface area contributed by atoms with E-state index in [2.05, 4.69) is 4.98 Å². The summed E-state index contributed by atoms with van der Waals surface area (Å²) in [5.74, 6) is -1.90. The Morgan fingerprint density at radius 3 is 3.08 bits per heavy atom. The number of aromatic nitrogens is 2. The van der Waals surface area contributed by atoms with Crippen molar-refractivity contribution < 1.29 is 2.74 Å². The summed E-state index contributed by atoms with van der Waals surface area (Å²) in [7, 11) is 0. The van der Waals surface area contributed by atoms with Gasteiger partial charge in [0.25, 0.3) is 0 Å². The number of fused-ring (bicyclic) bond motifs is 1. The van der Waals surface area contributed by atoms with E-state index in [0.717, 1.165) is 0 Å². The Morgan fingerprint density at radius 1 is 1.58 bits per heavy atom. The summed E-state index contributed by atoms with van der Waals surface area (Å²) in [6, 6.07) is 5.49. The van der Waals surface area contributed by atoms with Gasteiger partial charge >= 0.3 is 0 Å². The summed E-state index contributed by atoms with van der Waals surface area (Å²) in [5.41, 5.74) is 0.933. The summed E-state index contributed by atoms with van der Waals surface area (Å²) >= 11 is 5.49. The van der Waals surface area contributed by atoms with Crippen LogP contribution in [0.5, 0.6) is 0 Å². The van der Waals surface area contributed by atoms with Crippen molar-refractivity contribution in [3.63, 3.8) is 0 Å². The van der Waals surface area contributed by atoms with Gasteiger partial charge in [-0.3, -0.25) is 0 Å². The van der Waals surface area contributed by atoms with E-state index < -0.39 is 5.83 Å². The van der Waals surface area contributed by atoms with Gasteiger partial charge in [0.2, 0.25) is 0 Å². The van der Waals surface area contributed by atoms with Crippen molar-refractivity contribution in [3.8, 4) is 0 Å². The number of hydrogen-bond donors (Lipinski definition) is 0. The average Bonchev–Trinajstić information content (AvgIpc) is 2.45. The Kier molecular flexibility index (Phi) is 2.13. The fourth-order valence-electron chi connectivity index (χ4n) is 0.980. The molecule has 0 aliphatic heterocycles. The zero-order valence-corrected chi connectivity index (χ0v) is 7.64. The molecular formula is C8H8Cl2N2. The van der Waals surface area contributed by atoms with Crippen LogP contribution in [0.1, 0.15) is 8.44 Å². The van der Waals surface area contributed by atoms with Gasteiger partial charge in [0.1, 0.15) is 5.65 Å². The molecule has 0 spiro atoms. The Morgan fingerprint density at radius 2 is 2.42 bits per heavy atom. The van der Waals surface area contributed by atoms with Gasteiger partial charge in [-0.2, -0.15) is 0 Å². The number of rotatable bonds is 1. The molecule has 2 rings (SSSR count). The summed E-state index contributed by atoms with van der Waals surface area (Å²) < 4.78 is 16.3. The van der Waals surface area contributed by atoms with Gasteiger partial charge in [0, 0.05) is 12.4 Å². The van der Waals surface area contributed by atoms with Crippen LogP contribution in [0, 0.1) is 0 Å². The molecule has 64 valence electrons. The maximum atomic E-state index is 7.26. The molecule has 2 aromatic rings. The molecule has 0 aromatic carbocycles. The predicted molar refractivity (Wildman–Crippen MR) is 52.0 cm³/mol. The van der Waals surface area contributed by atoms with Crippen LogP contribution in [0.3, 0.4) is 0 Å². The van der Waals surface area contributed by atoms with E-state index in [1.807, 2.05) is 12.1 Å². The number of halogens is 2. The van der Waals surface area contributed by atoms with Gasteiger partial charge in [-0.25, -0.2) is 4.98 Å². The topological polar surface area (TPSA) is 17.3 Å². The molecule has 0 N–H and O–H groups in total. The second kappa shape index (κ2) is 3.78. The summed E-state index contributed by atoms with van der Waals surface area (Å²) in [4.78, 5) is 4.04. The zero-order valence-electron chi connectivity index (χ0n) is 8.07. The van der Waals surface area contributed by atoms with Crippen LogP contribution >= 0.6 is 24.0 Å². The first-order valence-corrected chi connectivity index (χ1v) is 3.58. The Bertz CT molecular complexity index is 403. The van der Waals surface area contributed by atoms with Crippen LogP contribution < -0.4 is 0 Å². The molecule has 0 saturated heterocycles. The molecular weight excluding hydrogens is 195 g/mol. The van der Waals surface area contributed by atoms with Crippen molar-refractivity contribution in [3.05, 3.63) is 36.3 Å². The van der Waals surface area contributed by atoms with E-state index in [4.69, 9.17) is 14.3 Å². The molecule has 0 radical (unpaired) electrons. The third-order valence-corrected chi connectivity index (χ3v) is 1.65. The monoisotopic (exact) mass is 204 g/mol. The Labute approximate surface area is 84.4 Å². The lowest BCUT2D eigenvalue weighted by Crippen LogP contribution is -1.77. The first-order valence-electron chi connectivity index (χ1n) is 4.20. The maximum Gasteiger partial charge on any atom is 0.137 e. The number of pyridine rings is 1. The van der Waals surface area contributed by atoms with Crippen LogP contribution in [0.2, 0.25) is 0 Å². The third-order valence-electron chi connectivity index (χ3n) is 1.46. The van der Waals surface area contributed by atoms with Crippen LogP contribution in [0.15, 0.2) is 30.6 Å². The van der Waals surface area contributed by atoms with Crippen LogP contribution in [0.25, 0.3) is 5.65 Å². The lowest BCUT2D eigenvalue weighted by Gasteiger charge is -1.86. The number of hydrogen-bond acceptors (Lipinski definition) is 1. The molecule has 0 aliphatic rings. The SMILES string of the molecule is Cl.[2H]C([2H])(Cl)c1cn2ccccc2n1. The number of imidazole rings is 1. The smallest absolute Gasteiger partial charge is 0.137 e. The van der Waals surface area contributed by atoms with Crippen molar-refractivity contribution >= 4 is 29.7 Å². The van der Waals surface area contributed by atoms with Gasteiger partial charge < -0.3 is 4.40 Å². The van der Waals surface area contributed by atoms with E-state index in [0.29, 0.717) is 5.65 Å². The normalized spacial score (nSPS) is 13.4. The van der Waals surface area contributed by atoms with Crippen molar-refractivity contribution in [1.82, 2.24) is 9.38 Å². The minimum Gasteiger partial charge on any atom is -0.307 e. The maximum absolute atomic E-state index is 7.26. The highest BCUT2D eigenvalue weighted by atomic mass is 35.5. The van der Waals surface area contributed by atoms with Crippen molar-refractivity contribution in [1.29, 1.82) is 0 Å². The minimum atomic E-state index is -1.90. The molecule has 12 heavy (non-hydrogen) atoms. The Balaban J connectivity index is 0.000000980. The molecule has 2 heterocycles. The average molecular weight is 205 g/mol. The van der Waals surface area contributed by atoms with Gasteiger partial charge in [-0.15, -0.1) is 24.0 Å². The van der Waals surface area contributed by atoms with Crippen LogP contribution in [0.4, 0.5) is 0 Å². The molecule has 0 unspecified atom stereocenters. The van der Waals surface area contributed by atoms with E-state index in [-0.39, 0.29) is 18.1 Å². The molecule has 0 fully saturated rings. The lowest BCUT2D eigenvalue weighted by atomic mass is 10.5. The summed E-state index contributed by atoms with van der Waals surface area (Å²) in [6.07, 6.45) is 3.39. The molecule has 2 aromatic heterocycles. The fourth-order valence-corrected chi connectivity index (χ4v) is 1.07. The molecule has 2 nitrogen and oxygen atoms in total. The first-order chi connectivity index (χ1) is 6.07. The van der Waals surface area contributed by atoms with E-state index in [9.17, 15) is 0 Å². The van der Waals surface area contributed by atoms with Gasteiger partial charge in [-0.1, -0.05) is 6.07 Å². The van der Waals surface area contributed by atoms with Crippen LogP contribution in [-0.4, -0.2) is 9.38 Å². The van der Waals surface area contributed by atoms with E-state index >= 15 is 0 Å². The number of nitrogens with zero attached hydrogens (tertiary/aromatic N) is 2.